The van der Waals surface area contributed by atoms with Crippen molar-refractivity contribution in [2.24, 2.45) is 40.4 Å². The van der Waals surface area contributed by atoms with E-state index >= 15 is 0 Å². The topological polar surface area (TPSA) is 35.5 Å². The Labute approximate surface area is 223 Å². The number of carbonyl (C=O) groups excluding carboxylic acids is 1. The van der Waals surface area contributed by atoms with E-state index < -0.39 is 8.32 Å². The van der Waals surface area contributed by atoms with Gasteiger partial charge in [-0.3, -0.25) is 4.79 Å². The molecule has 0 aliphatic heterocycles. The molecule has 3 fully saturated rings. The van der Waals surface area contributed by atoms with Crippen LogP contribution in [0.4, 0.5) is 0 Å². The molecule has 0 saturated heterocycles. The molecule has 3 nitrogen and oxygen atoms in total. The van der Waals surface area contributed by atoms with Crippen LogP contribution in [0.3, 0.4) is 0 Å². The highest BCUT2D eigenvalue weighted by Gasteiger charge is 2.59. The molecule has 4 rings (SSSR count). The monoisotopic (exact) mass is 516 g/mol. The average Bonchev–Trinajstić information content (AvgIpc) is 3.09. The van der Waals surface area contributed by atoms with E-state index in [-0.39, 0.29) is 17.7 Å². The van der Waals surface area contributed by atoms with E-state index in [2.05, 4.69) is 60.3 Å². The van der Waals surface area contributed by atoms with Gasteiger partial charge in [-0.1, -0.05) is 45.3 Å². The van der Waals surface area contributed by atoms with Crippen LogP contribution in [0.1, 0.15) is 112 Å². The van der Waals surface area contributed by atoms with Crippen LogP contribution in [0.5, 0.6) is 0 Å². The Morgan fingerprint density at radius 1 is 1.11 bits per heavy atom. The minimum Gasteiger partial charge on any atom is -0.462 e. The maximum Gasteiger partial charge on any atom is 0.302 e. The standard InChI is InChI=1S/C32H56O3Si/c1-22(11-10-18-30(3,4)35-36(7,8)9)27-14-15-28-26-13-12-24-21-25(34-23(2)33)16-19-31(24,5)29(26)17-20-32(27,28)6/h12,22,25-29H,10-11,13-21H2,1-9H3/t22-,25+,26+,27-,28+,29+,31+,32-/m1/s1. The minimum absolute atomic E-state index is 0.0143. The lowest BCUT2D eigenvalue weighted by atomic mass is 9.47. The summed E-state index contributed by atoms with van der Waals surface area (Å²) in [5.41, 5.74) is 2.46. The van der Waals surface area contributed by atoms with E-state index in [0.29, 0.717) is 10.8 Å². The third-order valence-corrected chi connectivity index (χ3v) is 12.3. The summed E-state index contributed by atoms with van der Waals surface area (Å²) < 4.78 is 12.1. The van der Waals surface area contributed by atoms with Gasteiger partial charge in [-0.2, -0.15) is 0 Å². The van der Waals surface area contributed by atoms with Gasteiger partial charge >= 0.3 is 5.97 Å². The quantitative estimate of drug-likeness (QED) is 0.183. The SMILES string of the molecule is CC(=O)O[C@H]1CC[C@@]2(C)C(=CC[C@H]3[C@@H]4CC[C@H]([C@H](C)CCCC(C)(C)O[Si](C)(C)C)[C@@]4(C)CC[C@@H]32)C1. The second kappa shape index (κ2) is 10.2. The summed E-state index contributed by atoms with van der Waals surface area (Å²) in [7, 11) is -1.50. The van der Waals surface area contributed by atoms with Crippen molar-refractivity contribution in [3.05, 3.63) is 11.6 Å². The van der Waals surface area contributed by atoms with Crippen molar-refractivity contribution in [1.29, 1.82) is 0 Å². The summed E-state index contributed by atoms with van der Waals surface area (Å²) in [6.45, 7) is 20.9. The Hall–Kier alpha value is -0.613. The lowest BCUT2D eigenvalue weighted by molar-refractivity contribution is -0.148. The van der Waals surface area contributed by atoms with E-state index in [1.54, 1.807) is 12.5 Å². The first-order valence-electron chi connectivity index (χ1n) is 15.2. The smallest absolute Gasteiger partial charge is 0.302 e. The van der Waals surface area contributed by atoms with E-state index in [4.69, 9.17) is 9.16 Å². The van der Waals surface area contributed by atoms with Gasteiger partial charge in [0.15, 0.2) is 8.32 Å². The lowest BCUT2D eigenvalue weighted by Crippen LogP contribution is -2.51. The predicted octanol–water partition coefficient (Wildman–Crippen LogP) is 8.93. The number of carbonyl (C=O) groups is 1. The fourth-order valence-electron chi connectivity index (χ4n) is 9.87. The summed E-state index contributed by atoms with van der Waals surface area (Å²) in [4.78, 5) is 11.5. The first-order valence-corrected chi connectivity index (χ1v) is 18.6. The molecular weight excluding hydrogens is 460 g/mol. The number of hydrogen-bond acceptors (Lipinski definition) is 3. The van der Waals surface area contributed by atoms with Gasteiger partial charge in [-0.15, -0.1) is 0 Å². The van der Waals surface area contributed by atoms with Gasteiger partial charge in [0.05, 0.1) is 5.60 Å². The molecule has 206 valence electrons. The minimum atomic E-state index is -1.50. The fraction of sp³-hybridized carbons (Fsp3) is 0.906. The Bertz CT molecular complexity index is 841. The van der Waals surface area contributed by atoms with Gasteiger partial charge in [0.2, 0.25) is 0 Å². The molecule has 4 aliphatic rings. The zero-order valence-corrected chi connectivity index (χ0v) is 26.0. The molecule has 4 heteroatoms. The zero-order chi connectivity index (χ0) is 26.5. The molecule has 3 saturated carbocycles. The van der Waals surface area contributed by atoms with Gasteiger partial charge in [-0.25, -0.2) is 0 Å². The molecule has 0 aromatic carbocycles. The number of hydrogen-bond donors (Lipinski definition) is 0. The van der Waals surface area contributed by atoms with Crippen LogP contribution < -0.4 is 0 Å². The van der Waals surface area contributed by atoms with Crippen LogP contribution >= 0.6 is 0 Å². The second-order valence-electron chi connectivity index (χ2n) is 15.3. The Morgan fingerprint density at radius 2 is 1.83 bits per heavy atom. The van der Waals surface area contributed by atoms with Crippen LogP contribution in [-0.4, -0.2) is 26.0 Å². The molecule has 4 aliphatic carbocycles. The third-order valence-electron chi connectivity index (χ3n) is 11.2. The van der Waals surface area contributed by atoms with Gasteiger partial charge < -0.3 is 9.16 Å². The molecule has 0 spiro atoms. The highest BCUT2D eigenvalue weighted by atomic mass is 28.4. The van der Waals surface area contributed by atoms with Crippen molar-refractivity contribution >= 4 is 14.3 Å². The van der Waals surface area contributed by atoms with E-state index in [1.807, 2.05) is 0 Å². The molecule has 0 aromatic heterocycles. The molecule has 0 bridgehead atoms. The van der Waals surface area contributed by atoms with E-state index in [0.717, 1.165) is 42.4 Å². The second-order valence-corrected chi connectivity index (χ2v) is 19.7. The van der Waals surface area contributed by atoms with Gasteiger partial charge in [0, 0.05) is 13.3 Å². The molecule has 0 aromatic rings. The summed E-state index contributed by atoms with van der Waals surface area (Å²) in [6.07, 6.45) is 16.6. The van der Waals surface area contributed by atoms with Crippen molar-refractivity contribution in [1.82, 2.24) is 0 Å². The highest BCUT2D eigenvalue weighted by molar-refractivity contribution is 6.69. The Kier molecular flexibility index (Phi) is 8.02. The van der Waals surface area contributed by atoms with Crippen LogP contribution in [0.2, 0.25) is 19.6 Å². The van der Waals surface area contributed by atoms with Gasteiger partial charge in [0.25, 0.3) is 0 Å². The molecule has 0 unspecified atom stereocenters. The first kappa shape index (κ1) is 28.4. The third kappa shape index (κ3) is 5.70. The normalized spacial score (nSPS) is 39.5. The maximum atomic E-state index is 11.5. The first-order chi connectivity index (χ1) is 16.6. The van der Waals surface area contributed by atoms with Crippen molar-refractivity contribution < 1.29 is 14.0 Å². The van der Waals surface area contributed by atoms with Gasteiger partial charge in [-0.05, 0) is 125 Å². The summed E-state index contributed by atoms with van der Waals surface area (Å²) in [5.74, 6) is 4.12. The molecule has 0 heterocycles. The Morgan fingerprint density at radius 3 is 2.50 bits per heavy atom. The van der Waals surface area contributed by atoms with Crippen LogP contribution in [-0.2, 0) is 14.0 Å². The molecular formula is C32H56O3Si. The lowest BCUT2D eigenvalue weighted by Gasteiger charge is -2.58. The number of rotatable bonds is 8. The van der Waals surface area contributed by atoms with Crippen LogP contribution in [0.25, 0.3) is 0 Å². The highest BCUT2D eigenvalue weighted by Crippen LogP contribution is 2.67. The van der Waals surface area contributed by atoms with Gasteiger partial charge in [0.1, 0.15) is 6.10 Å². The fourth-order valence-corrected chi connectivity index (χ4v) is 11.6. The number of ether oxygens (including phenoxy) is 1. The molecule has 0 radical (unpaired) electrons. The molecule has 8 atom stereocenters. The summed E-state index contributed by atoms with van der Waals surface area (Å²) in [6, 6.07) is 0. The van der Waals surface area contributed by atoms with Crippen LogP contribution in [0, 0.1) is 40.4 Å². The Balaban J connectivity index is 1.39. The molecule has 0 N–H and O–H groups in total. The number of esters is 1. The number of allylic oxidation sites excluding steroid dienone is 1. The number of fused-ring (bicyclic) bond motifs is 5. The molecule has 0 amide bonds. The maximum absolute atomic E-state index is 11.5. The predicted molar refractivity (Wildman–Crippen MR) is 152 cm³/mol. The van der Waals surface area contributed by atoms with Crippen molar-refractivity contribution in [2.75, 3.05) is 0 Å². The van der Waals surface area contributed by atoms with E-state index in [9.17, 15) is 4.79 Å². The van der Waals surface area contributed by atoms with Crippen molar-refractivity contribution in [2.45, 2.75) is 144 Å². The summed E-state index contributed by atoms with van der Waals surface area (Å²) >= 11 is 0. The van der Waals surface area contributed by atoms with E-state index in [1.165, 1.54) is 57.8 Å². The van der Waals surface area contributed by atoms with Crippen molar-refractivity contribution in [3.63, 3.8) is 0 Å². The largest absolute Gasteiger partial charge is 0.462 e. The van der Waals surface area contributed by atoms with Crippen molar-refractivity contribution in [3.8, 4) is 0 Å². The van der Waals surface area contributed by atoms with Crippen LogP contribution in [0.15, 0.2) is 11.6 Å². The molecule has 36 heavy (non-hydrogen) atoms. The summed E-state index contributed by atoms with van der Waals surface area (Å²) in [5, 5.41) is 0. The average molecular weight is 517 g/mol. The zero-order valence-electron chi connectivity index (χ0n) is 25.0.